The average molecular weight is 361 g/mol. The molecule has 1 atom stereocenters. The van der Waals surface area contributed by atoms with Gasteiger partial charge in [0.15, 0.2) is 0 Å². The fourth-order valence-electron chi connectivity index (χ4n) is 3.68. The summed E-state index contributed by atoms with van der Waals surface area (Å²) in [6.07, 6.45) is 0. The van der Waals surface area contributed by atoms with Crippen molar-refractivity contribution in [3.8, 4) is 0 Å². The molecule has 0 aromatic heterocycles. The molecule has 27 heavy (non-hydrogen) atoms. The molecule has 1 saturated heterocycles. The molecule has 0 saturated carbocycles. The van der Waals surface area contributed by atoms with E-state index in [1.165, 1.54) is 5.69 Å². The van der Waals surface area contributed by atoms with Crippen LogP contribution in [0.4, 0.5) is 17.1 Å². The number of para-hydroxylation sites is 1. The Morgan fingerprint density at radius 2 is 1.33 bits per heavy atom. The van der Waals surface area contributed by atoms with Crippen LogP contribution in [0.5, 0.6) is 0 Å². The minimum atomic E-state index is -0.404. The molecular formula is C22H23N3O2. The van der Waals surface area contributed by atoms with Crippen molar-refractivity contribution in [1.29, 1.82) is 0 Å². The Labute approximate surface area is 158 Å². The van der Waals surface area contributed by atoms with Crippen LogP contribution >= 0.6 is 0 Å². The van der Waals surface area contributed by atoms with E-state index in [0.717, 1.165) is 31.7 Å². The van der Waals surface area contributed by atoms with E-state index < -0.39 is 5.43 Å². The topological polar surface area (TPSA) is 52.6 Å². The van der Waals surface area contributed by atoms with Gasteiger partial charge >= 0.3 is 0 Å². The van der Waals surface area contributed by atoms with Crippen LogP contribution in [0.3, 0.4) is 0 Å². The van der Waals surface area contributed by atoms with Crippen LogP contribution in [0.2, 0.25) is 0 Å². The maximum atomic E-state index is 12.2. The lowest BCUT2D eigenvalue weighted by atomic mass is 10.1. The van der Waals surface area contributed by atoms with Gasteiger partial charge in [0.1, 0.15) is 11.4 Å². The molecule has 4 rings (SSSR count). The Bertz CT molecular complexity index is 970. The highest BCUT2D eigenvalue weighted by molar-refractivity contribution is 5.76. The van der Waals surface area contributed by atoms with Gasteiger partial charge < -0.3 is 15.1 Å². The van der Waals surface area contributed by atoms with E-state index >= 15 is 0 Å². The van der Waals surface area contributed by atoms with Gasteiger partial charge in [-0.05, 0) is 24.6 Å². The fourth-order valence-corrected chi connectivity index (χ4v) is 3.68. The van der Waals surface area contributed by atoms with E-state index in [9.17, 15) is 9.59 Å². The standard InChI is InChI=1S/C22H23N3O2/c1-16(17-8-4-2-5-9-17)23-19-20(22(27)21(19)26)25-14-12-24(13-15-25)18-10-6-3-7-11-18/h2-11,16,23H,12-15H2,1H3. The Hall–Kier alpha value is -3.08. The van der Waals surface area contributed by atoms with Gasteiger partial charge in [-0.15, -0.1) is 0 Å². The lowest BCUT2D eigenvalue weighted by Gasteiger charge is -2.38. The first-order valence-corrected chi connectivity index (χ1v) is 9.35. The van der Waals surface area contributed by atoms with Crippen LogP contribution in [-0.4, -0.2) is 26.2 Å². The molecule has 1 N–H and O–H groups in total. The molecule has 1 aliphatic rings. The van der Waals surface area contributed by atoms with Gasteiger partial charge in [0, 0.05) is 37.9 Å². The average Bonchev–Trinajstić information content (AvgIpc) is 2.74. The van der Waals surface area contributed by atoms with Crippen molar-refractivity contribution in [3.63, 3.8) is 0 Å². The number of piperazine rings is 1. The molecule has 5 nitrogen and oxygen atoms in total. The summed E-state index contributed by atoms with van der Waals surface area (Å²) in [5, 5.41) is 3.26. The molecule has 138 valence electrons. The minimum absolute atomic E-state index is 0.0288. The van der Waals surface area contributed by atoms with E-state index in [4.69, 9.17) is 0 Å². The molecule has 0 aliphatic carbocycles. The normalized spacial score (nSPS) is 15.7. The van der Waals surface area contributed by atoms with Gasteiger partial charge in [-0.2, -0.15) is 0 Å². The predicted octanol–water partition coefficient (Wildman–Crippen LogP) is 2.78. The highest BCUT2D eigenvalue weighted by Crippen LogP contribution is 2.27. The lowest BCUT2D eigenvalue weighted by Crippen LogP contribution is -2.51. The molecule has 0 radical (unpaired) electrons. The zero-order valence-corrected chi connectivity index (χ0v) is 15.4. The van der Waals surface area contributed by atoms with Crippen molar-refractivity contribution >= 4 is 17.1 Å². The molecule has 3 aromatic carbocycles. The maximum absolute atomic E-state index is 12.2. The monoisotopic (exact) mass is 361 g/mol. The third-order valence-corrected chi connectivity index (χ3v) is 5.26. The minimum Gasteiger partial charge on any atom is -0.373 e. The smallest absolute Gasteiger partial charge is 0.253 e. The number of hydrogen-bond donors (Lipinski definition) is 1. The van der Waals surface area contributed by atoms with Crippen molar-refractivity contribution < 1.29 is 0 Å². The van der Waals surface area contributed by atoms with Crippen molar-refractivity contribution in [2.75, 3.05) is 41.3 Å². The second-order valence-electron chi connectivity index (χ2n) is 6.97. The Morgan fingerprint density at radius 1 is 0.778 bits per heavy atom. The molecule has 0 spiro atoms. The largest absolute Gasteiger partial charge is 0.373 e. The summed E-state index contributed by atoms with van der Waals surface area (Å²) in [6, 6.07) is 20.2. The summed E-state index contributed by atoms with van der Waals surface area (Å²) in [5.74, 6) is 0. The first-order chi connectivity index (χ1) is 13.1. The van der Waals surface area contributed by atoms with E-state index in [-0.39, 0.29) is 11.5 Å². The molecule has 0 bridgehead atoms. The number of nitrogens with zero attached hydrogens (tertiary/aromatic N) is 2. The van der Waals surface area contributed by atoms with Crippen molar-refractivity contribution in [1.82, 2.24) is 0 Å². The third kappa shape index (κ3) is 3.33. The maximum Gasteiger partial charge on any atom is 0.253 e. The number of benzene rings is 2. The highest BCUT2D eigenvalue weighted by Gasteiger charge is 2.29. The van der Waals surface area contributed by atoms with Gasteiger partial charge in [-0.25, -0.2) is 0 Å². The molecule has 1 unspecified atom stereocenters. The van der Waals surface area contributed by atoms with Crippen LogP contribution in [0, 0.1) is 0 Å². The second-order valence-corrected chi connectivity index (χ2v) is 6.97. The van der Waals surface area contributed by atoms with Crippen molar-refractivity contribution in [2.45, 2.75) is 13.0 Å². The fraction of sp³-hybridized carbons (Fsp3) is 0.273. The molecule has 0 amide bonds. The van der Waals surface area contributed by atoms with Crippen molar-refractivity contribution in [2.24, 2.45) is 0 Å². The molecule has 1 fully saturated rings. The van der Waals surface area contributed by atoms with Gasteiger partial charge in [-0.1, -0.05) is 48.5 Å². The highest BCUT2D eigenvalue weighted by atomic mass is 16.2. The number of hydrogen-bond acceptors (Lipinski definition) is 5. The Balaban J connectivity index is 1.47. The summed E-state index contributed by atoms with van der Waals surface area (Å²) in [7, 11) is 0. The van der Waals surface area contributed by atoms with E-state index in [1.807, 2.05) is 60.4 Å². The predicted molar refractivity (Wildman–Crippen MR) is 111 cm³/mol. The Morgan fingerprint density at radius 3 is 1.96 bits per heavy atom. The van der Waals surface area contributed by atoms with Crippen LogP contribution in [0.25, 0.3) is 0 Å². The molecule has 1 heterocycles. The van der Waals surface area contributed by atoms with Gasteiger partial charge in [0.05, 0.1) is 0 Å². The zero-order chi connectivity index (χ0) is 18.8. The zero-order valence-electron chi connectivity index (χ0n) is 15.4. The molecular weight excluding hydrogens is 338 g/mol. The summed E-state index contributed by atoms with van der Waals surface area (Å²) >= 11 is 0. The quantitative estimate of drug-likeness (QED) is 0.708. The van der Waals surface area contributed by atoms with Crippen LogP contribution in [-0.2, 0) is 0 Å². The molecule has 5 heteroatoms. The second kappa shape index (κ2) is 7.27. The van der Waals surface area contributed by atoms with Crippen LogP contribution in [0.15, 0.2) is 70.3 Å². The number of rotatable bonds is 5. The lowest BCUT2D eigenvalue weighted by molar-refractivity contribution is 0.650. The number of anilines is 3. The van der Waals surface area contributed by atoms with E-state index in [1.54, 1.807) is 0 Å². The van der Waals surface area contributed by atoms with Gasteiger partial charge in [0.25, 0.3) is 10.9 Å². The summed E-state index contributed by atoms with van der Waals surface area (Å²) < 4.78 is 0. The summed E-state index contributed by atoms with van der Waals surface area (Å²) in [4.78, 5) is 28.8. The van der Waals surface area contributed by atoms with E-state index in [2.05, 4.69) is 22.3 Å². The third-order valence-electron chi connectivity index (χ3n) is 5.26. The molecule has 3 aromatic rings. The van der Waals surface area contributed by atoms with E-state index in [0.29, 0.717) is 11.4 Å². The van der Waals surface area contributed by atoms with Gasteiger partial charge in [0.2, 0.25) is 0 Å². The summed E-state index contributed by atoms with van der Waals surface area (Å²) in [5.41, 5.74) is 2.52. The SMILES string of the molecule is CC(Nc1c(N2CCN(c3ccccc3)CC2)c(=O)c1=O)c1ccccc1. The summed E-state index contributed by atoms with van der Waals surface area (Å²) in [6.45, 7) is 5.12. The first kappa shape index (κ1) is 17.3. The Kier molecular flexibility index (Phi) is 4.67. The first-order valence-electron chi connectivity index (χ1n) is 9.35. The van der Waals surface area contributed by atoms with Crippen LogP contribution in [0.1, 0.15) is 18.5 Å². The van der Waals surface area contributed by atoms with Crippen LogP contribution < -0.4 is 26.0 Å². The molecule has 1 aliphatic heterocycles. The number of nitrogens with one attached hydrogen (secondary N) is 1. The van der Waals surface area contributed by atoms with Crippen molar-refractivity contribution in [3.05, 3.63) is 86.7 Å². The van der Waals surface area contributed by atoms with Gasteiger partial charge in [-0.3, -0.25) is 9.59 Å².